The van der Waals surface area contributed by atoms with Crippen LogP contribution in [0, 0.1) is 17.8 Å². The van der Waals surface area contributed by atoms with E-state index in [2.05, 4.69) is 10.0 Å². The van der Waals surface area contributed by atoms with E-state index in [1.54, 1.807) is 26.0 Å². The van der Waals surface area contributed by atoms with Crippen LogP contribution in [-0.4, -0.2) is 25.9 Å². The largest absolute Gasteiger partial charge is 0.347 e. The molecular formula is C20H28N2O3S. The lowest BCUT2D eigenvalue weighted by Gasteiger charge is -2.56. The third kappa shape index (κ3) is 3.41. The summed E-state index contributed by atoms with van der Waals surface area (Å²) in [6.45, 7) is 3.57. The van der Waals surface area contributed by atoms with E-state index < -0.39 is 10.0 Å². The molecule has 1 aromatic rings. The summed E-state index contributed by atoms with van der Waals surface area (Å²) in [6, 6.07) is 6.09. The summed E-state index contributed by atoms with van der Waals surface area (Å²) in [5, 5.41) is 3.33. The number of amides is 1. The van der Waals surface area contributed by atoms with Crippen LogP contribution in [0.4, 0.5) is 0 Å². The number of sulfonamides is 1. The molecule has 26 heavy (non-hydrogen) atoms. The van der Waals surface area contributed by atoms with Gasteiger partial charge in [0, 0.05) is 17.1 Å². The Balaban J connectivity index is 1.47. The zero-order chi connectivity index (χ0) is 18.5. The van der Waals surface area contributed by atoms with Gasteiger partial charge in [0.05, 0.1) is 4.90 Å². The highest BCUT2D eigenvalue weighted by atomic mass is 32.2. The fourth-order valence-corrected chi connectivity index (χ4v) is 6.99. The molecule has 1 aromatic carbocycles. The number of benzene rings is 1. The van der Waals surface area contributed by atoms with Crippen molar-refractivity contribution < 1.29 is 13.2 Å². The number of carbonyl (C=O) groups excluding carboxylic acids is 1. The van der Waals surface area contributed by atoms with E-state index in [-0.39, 0.29) is 22.4 Å². The van der Waals surface area contributed by atoms with E-state index in [4.69, 9.17) is 0 Å². The van der Waals surface area contributed by atoms with Crippen LogP contribution in [0.2, 0.25) is 0 Å². The normalized spacial score (nSPS) is 32.8. The number of hydrogen-bond acceptors (Lipinski definition) is 3. The summed E-state index contributed by atoms with van der Waals surface area (Å²) in [7, 11) is -3.53. The minimum atomic E-state index is -3.53. The van der Waals surface area contributed by atoms with Gasteiger partial charge in [-0.3, -0.25) is 4.79 Å². The van der Waals surface area contributed by atoms with Gasteiger partial charge in [-0.15, -0.1) is 0 Å². The Morgan fingerprint density at radius 3 is 1.96 bits per heavy atom. The fraction of sp³-hybridized carbons (Fsp3) is 0.650. The smallest absolute Gasteiger partial charge is 0.251 e. The summed E-state index contributed by atoms with van der Waals surface area (Å²) < 4.78 is 27.0. The molecule has 0 radical (unpaired) electrons. The van der Waals surface area contributed by atoms with Gasteiger partial charge in [0.25, 0.3) is 5.91 Å². The Hall–Kier alpha value is -1.40. The van der Waals surface area contributed by atoms with E-state index in [9.17, 15) is 13.2 Å². The van der Waals surface area contributed by atoms with E-state index in [1.807, 2.05) is 0 Å². The second-order valence-electron chi connectivity index (χ2n) is 8.95. The van der Waals surface area contributed by atoms with Crippen LogP contribution in [0.1, 0.15) is 62.7 Å². The Morgan fingerprint density at radius 1 is 1.00 bits per heavy atom. The van der Waals surface area contributed by atoms with Crippen LogP contribution in [-0.2, 0) is 10.0 Å². The first kappa shape index (κ1) is 18.0. The van der Waals surface area contributed by atoms with Crippen LogP contribution in [0.15, 0.2) is 29.2 Å². The summed E-state index contributed by atoms with van der Waals surface area (Å²) in [6.07, 6.45) is 7.33. The first-order valence-corrected chi connectivity index (χ1v) is 11.2. The quantitative estimate of drug-likeness (QED) is 0.829. The van der Waals surface area contributed by atoms with Crippen molar-refractivity contribution in [1.82, 2.24) is 10.0 Å². The first-order chi connectivity index (χ1) is 12.2. The van der Waals surface area contributed by atoms with Crippen molar-refractivity contribution in [2.75, 3.05) is 0 Å². The maximum absolute atomic E-state index is 12.8. The molecule has 4 aliphatic rings. The molecule has 4 aliphatic carbocycles. The monoisotopic (exact) mass is 376 g/mol. The van der Waals surface area contributed by atoms with Crippen LogP contribution < -0.4 is 10.0 Å². The van der Waals surface area contributed by atoms with E-state index in [1.165, 1.54) is 31.4 Å². The van der Waals surface area contributed by atoms with Crippen molar-refractivity contribution in [3.05, 3.63) is 29.8 Å². The van der Waals surface area contributed by atoms with Gasteiger partial charge in [0.15, 0.2) is 0 Å². The van der Waals surface area contributed by atoms with Crippen molar-refractivity contribution in [3.63, 3.8) is 0 Å². The fourth-order valence-electron chi connectivity index (χ4n) is 5.74. The third-order valence-electron chi connectivity index (χ3n) is 6.23. The maximum atomic E-state index is 12.8. The van der Waals surface area contributed by atoms with E-state index >= 15 is 0 Å². The van der Waals surface area contributed by atoms with E-state index in [0.717, 1.165) is 37.0 Å². The standard InChI is InChI=1S/C20H28N2O3S/c1-13(2)22-26(24,25)18-5-3-17(4-6-18)19(23)21-20-10-14-7-15(11-20)9-16(8-14)12-20/h3-6,13-16,22H,7-12H2,1-2H3,(H,21,23). The molecule has 5 rings (SSSR count). The Bertz CT molecular complexity index is 764. The van der Waals surface area contributed by atoms with Crippen molar-refractivity contribution in [2.24, 2.45) is 17.8 Å². The summed E-state index contributed by atoms with van der Waals surface area (Å²) in [5.41, 5.74) is 0.500. The minimum absolute atomic E-state index is 0.0320. The van der Waals surface area contributed by atoms with Gasteiger partial charge in [-0.05, 0) is 94.4 Å². The lowest BCUT2D eigenvalue weighted by Crippen LogP contribution is -2.59. The van der Waals surface area contributed by atoms with Crippen molar-refractivity contribution >= 4 is 15.9 Å². The molecule has 0 heterocycles. The number of hydrogen-bond donors (Lipinski definition) is 2. The van der Waals surface area contributed by atoms with Gasteiger partial charge in [-0.2, -0.15) is 0 Å². The summed E-state index contributed by atoms with van der Waals surface area (Å²) in [4.78, 5) is 13.0. The molecule has 2 N–H and O–H groups in total. The van der Waals surface area contributed by atoms with Crippen LogP contribution in [0.3, 0.4) is 0 Å². The molecule has 0 saturated heterocycles. The molecule has 0 unspecified atom stereocenters. The molecule has 0 aliphatic heterocycles. The lowest BCUT2D eigenvalue weighted by atomic mass is 9.53. The molecule has 6 heteroatoms. The molecule has 4 saturated carbocycles. The third-order valence-corrected chi connectivity index (χ3v) is 7.91. The van der Waals surface area contributed by atoms with Crippen molar-refractivity contribution in [2.45, 2.75) is 68.8 Å². The number of rotatable bonds is 5. The highest BCUT2D eigenvalue weighted by molar-refractivity contribution is 7.89. The average molecular weight is 377 g/mol. The van der Waals surface area contributed by atoms with Gasteiger partial charge in [0.1, 0.15) is 0 Å². The van der Waals surface area contributed by atoms with Crippen LogP contribution in [0.25, 0.3) is 0 Å². The second kappa shape index (κ2) is 6.34. The highest BCUT2D eigenvalue weighted by Gasteiger charge is 2.51. The second-order valence-corrected chi connectivity index (χ2v) is 10.7. The molecule has 4 bridgehead atoms. The molecule has 0 aromatic heterocycles. The first-order valence-electron chi connectivity index (χ1n) is 9.70. The van der Waals surface area contributed by atoms with Crippen LogP contribution >= 0.6 is 0 Å². The maximum Gasteiger partial charge on any atom is 0.251 e. The SMILES string of the molecule is CC(C)NS(=O)(=O)c1ccc(C(=O)NC23CC4CC(CC(C4)C2)C3)cc1. The van der Waals surface area contributed by atoms with Gasteiger partial charge in [-0.25, -0.2) is 13.1 Å². The number of carbonyl (C=O) groups is 1. The molecule has 142 valence electrons. The van der Waals surface area contributed by atoms with E-state index in [0.29, 0.717) is 5.56 Å². The number of nitrogens with one attached hydrogen (secondary N) is 2. The molecule has 1 amide bonds. The Labute approximate surface area is 156 Å². The topological polar surface area (TPSA) is 75.3 Å². The van der Waals surface area contributed by atoms with Gasteiger partial charge < -0.3 is 5.32 Å². The minimum Gasteiger partial charge on any atom is -0.347 e. The predicted octanol–water partition coefficient (Wildman–Crippen LogP) is 3.07. The predicted molar refractivity (Wildman–Crippen MR) is 100 cm³/mol. The van der Waals surface area contributed by atoms with Crippen molar-refractivity contribution in [3.8, 4) is 0 Å². The van der Waals surface area contributed by atoms with Gasteiger partial charge >= 0.3 is 0 Å². The molecular weight excluding hydrogens is 348 g/mol. The lowest BCUT2D eigenvalue weighted by molar-refractivity contribution is -0.0167. The molecule has 0 atom stereocenters. The van der Waals surface area contributed by atoms with Gasteiger partial charge in [-0.1, -0.05) is 0 Å². The zero-order valence-electron chi connectivity index (χ0n) is 15.5. The summed E-state index contributed by atoms with van der Waals surface area (Å²) >= 11 is 0. The van der Waals surface area contributed by atoms with Gasteiger partial charge in [0.2, 0.25) is 10.0 Å². The molecule has 4 fully saturated rings. The average Bonchev–Trinajstić information content (AvgIpc) is 2.52. The van der Waals surface area contributed by atoms with Crippen LogP contribution in [0.5, 0.6) is 0 Å². The highest BCUT2D eigenvalue weighted by Crippen LogP contribution is 2.55. The molecule has 5 nitrogen and oxygen atoms in total. The van der Waals surface area contributed by atoms with Crippen molar-refractivity contribution in [1.29, 1.82) is 0 Å². The molecule has 0 spiro atoms. The summed E-state index contributed by atoms with van der Waals surface area (Å²) in [5.74, 6) is 2.25. The zero-order valence-corrected chi connectivity index (χ0v) is 16.3. The Morgan fingerprint density at radius 2 is 1.50 bits per heavy atom. The Kier molecular flexibility index (Phi) is 4.39.